The van der Waals surface area contributed by atoms with Crippen LogP contribution in [0.1, 0.15) is 45.9 Å². The van der Waals surface area contributed by atoms with Crippen molar-refractivity contribution < 1.29 is 14.0 Å². The van der Waals surface area contributed by atoms with Gasteiger partial charge in [0, 0.05) is 20.1 Å². The van der Waals surface area contributed by atoms with E-state index < -0.39 is 0 Å². The number of amides is 2. The highest BCUT2D eigenvalue weighted by Crippen LogP contribution is 2.23. The van der Waals surface area contributed by atoms with E-state index in [9.17, 15) is 9.59 Å². The smallest absolute Gasteiger partial charge is 0.293 e. The summed E-state index contributed by atoms with van der Waals surface area (Å²) in [5.74, 6) is -0.376. The van der Waals surface area contributed by atoms with Gasteiger partial charge in [-0.1, -0.05) is 50.2 Å². The van der Waals surface area contributed by atoms with Crippen LogP contribution in [0.2, 0.25) is 0 Å². The third-order valence-electron chi connectivity index (χ3n) is 5.44. The average Bonchev–Trinajstić information content (AvgIpc) is 3.26. The van der Waals surface area contributed by atoms with Crippen molar-refractivity contribution in [1.82, 2.24) is 10.2 Å². The highest BCUT2D eigenvalue weighted by molar-refractivity contribution is 9.10. The maximum absolute atomic E-state index is 13.1. The molecule has 0 unspecified atom stereocenters. The van der Waals surface area contributed by atoms with E-state index in [2.05, 4.69) is 46.1 Å². The van der Waals surface area contributed by atoms with Crippen LogP contribution in [0.5, 0.6) is 0 Å². The summed E-state index contributed by atoms with van der Waals surface area (Å²) in [6.45, 7) is 7.47. The maximum Gasteiger partial charge on any atom is 0.293 e. The Kier molecular flexibility index (Phi) is 8.25. The molecule has 6 nitrogen and oxygen atoms in total. The molecule has 0 atom stereocenters. The number of nitrogens with zero attached hydrogens (tertiary/aromatic N) is 2. The quantitative estimate of drug-likeness (QED) is 0.447. The summed E-state index contributed by atoms with van der Waals surface area (Å²) >= 11 is 3.21. The standard InChI is InChI=1S/C25H28BrN3O3/c1-4-29(5-2)17-19-11-7-6-10-18(19)16-27-24(30)20-12-8-9-13-21(20)28(3)25(31)22-14-15-23(26)32-22/h6-15H,4-5,16-17H2,1-3H3,(H,27,30). The Labute approximate surface area is 197 Å². The van der Waals surface area contributed by atoms with Gasteiger partial charge < -0.3 is 14.6 Å². The molecular formula is C25H28BrN3O3. The predicted octanol–water partition coefficient (Wildman–Crippen LogP) is 5.09. The van der Waals surface area contributed by atoms with Crippen LogP contribution < -0.4 is 10.2 Å². The van der Waals surface area contributed by atoms with Gasteiger partial charge in [0.25, 0.3) is 11.8 Å². The number of anilines is 1. The summed E-state index contributed by atoms with van der Waals surface area (Å²) in [6, 6.07) is 18.4. The topological polar surface area (TPSA) is 65.8 Å². The van der Waals surface area contributed by atoms with Gasteiger partial charge in [0.05, 0.1) is 11.3 Å². The Morgan fingerprint density at radius 3 is 2.25 bits per heavy atom. The zero-order chi connectivity index (χ0) is 23.1. The molecule has 0 saturated heterocycles. The van der Waals surface area contributed by atoms with Crippen molar-refractivity contribution in [3.8, 4) is 0 Å². The molecule has 32 heavy (non-hydrogen) atoms. The average molecular weight is 498 g/mol. The highest BCUT2D eigenvalue weighted by Gasteiger charge is 2.22. The van der Waals surface area contributed by atoms with Crippen LogP contribution in [0, 0.1) is 0 Å². The summed E-state index contributed by atoms with van der Waals surface area (Å²) < 4.78 is 5.85. The molecule has 7 heteroatoms. The Bertz CT molecular complexity index is 1080. The van der Waals surface area contributed by atoms with E-state index in [1.165, 1.54) is 10.5 Å². The first kappa shape index (κ1) is 23.8. The van der Waals surface area contributed by atoms with Crippen LogP contribution >= 0.6 is 15.9 Å². The Hall–Kier alpha value is -2.90. The molecule has 0 bridgehead atoms. The number of furan rings is 1. The normalized spacial score (nSPS) is 10.9. The predicted molar refractivity (Wildman–Crippen MR) is 130 cm³/mol. The number of benzene rings is 2. The molecule has 3 aromatic rings. The Balaban J connectivity index is 1.75. The second-order valence-electron chi connectivity index (χ2n) is 7.40. The van der Waals surface area contributed by atoms with Crippen molar-refractivity contribution in [2.45, 2.75) is 26.9 Å². The summed E-state index contributed by atoms with van der Waals surface area (Å²) in [5.41, 5.74) is 3.21. The number of carbonyl (C=O) groups is 2. The SMILES string of the molecule is CCN(CC)Cc1ccccc1CNC(=O)c1ccccc1N(C)C(=O)c1ccc(Br)o1. The minimum atomic E-state index is -0.333. The second-order valence-corrected chi connectivity index (χ2v) is 8.18. The van der Waals surface area contributed by atoms with E-state index >= 15 is 0 Å². The van der Waals surface area contributed by atoms with E-state index in [0.717, 1.165) is 25.2 Å². The van der Waals surface area contributed by atoms with E-state index in [0.29, 0.717) is 22.5 Å². The molecule has 0 spiro atoms. The van der Waals surface area contributed by atoms with Crippen LogP contribution in [0.15, 0.2) is 69.8 Å². The second kappa shape index (κ2) is 11.1. The van der Waals surface area contributed by atoms with Gasteiger partial charge in [0.1, 0.15) is 0 Å². The molecule has 168 valence electrons. The molecular weight excluding hydrogens is 470 g/mol. The number of carbonyl (C=O) groups excluding carboxylic acids is 2. The fraction of sp³-hybridized carbons (Fsp3) is 0.280. The molecule has 0 saturated carbocycles. The highest BCUT2D eigenvalue weighted by atomic mass is 79.9. The Morgan fingerprint density at radius 1 is 0.938 bits per heavy atom. The van der Waals surface area contributed by atoms with Gasteiger partial charge in [-0.05, 0) is 64.4 Å². The van der Waals surface area contributed by atoms with Gasteiger partial charge in [-0.15, -0.1) is 0 Å². The largest absolute Gasteiger partial charge is 0.444 e. The van der Waals surface area contributed by atoms with Crippen LogP contribution in [0.25, 0.3) is 0 Å². The molecule has 0 aliphatic heterocycles. The van der Waals surface area contributed by atoms with Gasteiger partial charge in [0.15, 0.2) is 10.4 Å². The molecule has 1 heterocycles. The van der Waals surface area contributed by atoms with Crippen molar-refractivity contribution in [1.29, 1.82) is 0 Å². The maximum atomic E-state index is 13.1. The van der Waals surface area contributed by atoms with E-state index in [1.54, 1.807) is 43.4 Å². The fourth-order valence-corrected chi connectivity index (χ4v) is 3.81. The van der Waals surface area contributed by atoms with Gasteiger partial charge in [0.2, 0.25) is 0 Å². The van der Waals surface area contributed by atoms with E-state index in [1.807, 2.05) is 18.2 Å². The van der Waals surface area contributed by atoms with Gasteiger partial charge in [-0.25, -0.2) is 0 Å². The van der Waals surface area contributed by atoms with E-state index in [-0.39, 0.29) is 17.6 Å². The number of nitrogens with one attached hydrogen (secondary N) is 1. The minimum absolute atomic E-state index is 0.194. The molecule has 1 N–H and O–H groups in total. The first-order valence-electron chi connectivity index (χ1n) is 10.6. The lowest BCUT2D eigenvalue weighted by Gasteiger charge is -2.21. The zero-order valence-electron chi connectivity index (χ0n) is 18.6. The first-order chi connectivity index (χ1) is 15.4. The van der Waals surface area contributed by atoms with Crippen molar-refractivity contribution >= 4 is 33.4 Å². The molecule has 0 radical (unpaired) electrons. The Morgan fingerprint density at radius 2 is 1.59 bits per heavy atom. The van der Waals surface area contributed by atoms with Crippen LogP contribution in [0.4, 0.5) is 5.69 Å². The monoisotopic (exact) mass is 497 g/mol. The number of hydrogen-bond acceptors (Lipinski definition) is 4. The molecule has 2 aromatic carbocycles. The molecule has 2 amide bonds. The van der Waals surface area contributed by atoms with Crippen molar-refractivity contribution in [2.24, 2.45) is 0 Å². The van der Waals surface area contributed by atoms with Crippen molar-refractivity contribution in [3.05, 3.63) is 87.8 Å². The number of halogens is 1. The minimum Gasteiger partial charge on any atom is -0.444 e. The van der Waals surface area contributed by atoms with Crippen LogP contribution in [-0.4, -0.2) is 36.9 Å². The summed E-state index contributed by atoms with van der Waals surface area (Å²) in [7, 11) is 1.63. The lowest BCUT2D eigenvalue weighted by molar-refractivity contribution is 0.0950. The van der Waals surface area contributed by atoms with Gasteiger partial charge >= 0.3 is 0 Å². The number of rotatable bonds is 9. The third-order valence-corrected chi connectivity index (χ3v) is 5.87. The number of hydrogen-bond donors (Lipinski definition) is 1. The van der Waals surface area contributed by atoms with Gasteiger partial charge in [-0.2, -0.15) is 0 Å². The van der Waals surface area contributed by atoms with Crippen LogP contribution in [0.3, 0.4) is 0 Å². The fourth-order valence-electron chi connectivity index (χ4n) is 3.51. The zero-order valence-corrected chi connectivity index (χ0v) is 20.2. The van der Waals surface area contributed by atoms with E-state index in [4.69, 9.17) is 4.42 Å². The van der Waals surface area contributed by atoms with Crippen molar-refractivity contribution in [2.75, 3.05) is 25.0 Å². The van der Waals surface area contributed by atoms with Crippen molar-refractivity contribution in [3.63, 3.8) is 0 Å². The summed E-state index contributed by atoms with van der Waals surface area (Å²) in [6.07, 6.45) is 0. The van der Waals surface area contributed by atoms with Crippen LogP contribution in [-0.2, 0) is 13.1 Å². The van der Waals surface area contributed by atoms with Gasteiger partial charge in [-0.3, -0.25) is 14.5 Å². The lowest BCUT2D eigenvalue weighted by Crippen LogP contribution is -2.30. The number of para-hydroxylation sites is 1. The molecule has 0 fully saturated rings. The molecule has 0 aliphatic carbocycles. The first-order valence-corrected chi connectivity index (χ1v) is 11.4. The summed E-state index contributed by atoms with van der Waals surface area (Å²) in [5, 5.41) is 3.02. The summed E-state index contributed by atoms with van der Waals surface area (Å²) in [4.78, 5) is 29.6. The molecule has 0 aliphatic rings. The molecule has 1 aromatic heterocycles. The lowest BCUT2D eigenvalue weighted by atomic mass is 10.1. The third kappa shape index (κ3) is 5.66. The molecule has 3 rings (SSSR count).